The molecule has 134 valence electrons. The second kappa shape index (κ2) is 8.43. The number of nitro groups is 1. The van der Waals surface area contributed by atoms with Crippen molar-refractivity contribution in [1.29, 1.82) is 0 Å². The minimum atomic E-state index is -0.719. The standard InChI is InChI=1S/C13H17Br2N5O3.ClH/c1-6(2)19-9-3-8(14)10(15)12(20(22)23)11(9)18-13(19)17-5-7(21)4-16;/h3,6-7,21H,4-5,16H2,1-2H3,(H,17,18);1H. The number of nitrogens with zero attached hydrogens (tertiary/aromatic N) is 3. The van der Waals surface area contributed by atoms with Crippen molar-refractivity contribution in [2.24, 2.45) is 5.73 Å². The predicted molar refractivity (Wildman–Crippen MR) is 103 cm³/mol. The first-order chi connectivity index (χ1) is 10.8. The molecule has 0 fully saturated rings. The van der Waals surface area contributed by atoms with Crippen LogP contribution in [0.4, 0.5) is 11.6 Å². The Morgan fingerprint density at radius 1 is 1.50 bits per heavy atom. The van der Waals surface area contributed by atoms with Crippen LogP contribution in [0.5, 0.6) is 0 Å². The van der Waals surface area contributed by atoms with Crippen molar-refractivity contribution in [2.75, 3.05) is 18.4 Å². The Balaban J connectivity index is 0.00000288. The average Bonchev–Trinajstić information content (AvgIpc) is 2.83. The SMILES string of the molecule is CC(C)n1c(NCC(O)CN)nc2c([N+](=O)[O-])c(Br)c(Br)cc21.Cl. The van der Waals surface area contributed by atoms with Gasteiger partial charge in [0.2, 0.25) is 5.95 Å². The lowest BCUT2D eigenvalue weighted by atomic mass is 10.2. The fourth-order valence-electron chi connectivity index (χ4n) is 2.26. The molecule has 0 bridgehead atoms. The number of aliphatic hydroxyl groups excluding tert-OH is 1. The van der Waals surface area contributed by atoms with Crippen LogP contribution >= 0.6 is 44.3 Å². The molecule has 0 radical (unpaired) electrons. The van der Waals surface area contributed by atoms with Crippen molar-refractivity contribution in [1.82, 2.24) is 9.55 Å². The van der Waals surface area contributed by atoms with Crippen LogP contribution in [0.2, 0.25) is 0 Å². The highest BCUT2D eigenvalue weighted by Gasteiger charge is 2.26. The van der Waals surface area contributed by atoms with Gasteiger partial charge in [-0.1, -0.05) is 0 Å². The Labute approximate surface area is 161 Å². The molecule has 0 saturated carbocycles. The van der Waals surface area contributed by atoms with Crippen LogP contribution in [0, 0.1) is 10.1 Å². The summed E-state index contributed by atoms with van der Waals surface area (Å²) in [5.74, 6) is 0.454. The number of imidazole rings is 1. The first-order valence-electron chi connectivity index (χ1n) is 6.94. The topological polar surface area (TPSA) is 119 Å². The molecule has 2 rings (SSSR count). The molecule has 0 amide bonds. The molecule has 0 aliphatic heterocycles. The molecule has 1 aromatic heterocycles. The third-order valence-corrected chi connectivity index (χ3v) is 5.28. The summed E-state index contributed by atoms with van der Waals surface area (Å²) in [5, 5.41) is 24.0. The number of hydrogen-bond donors (Lipinski definition) is 3. The van der Waals surface area contributed by atoms with Crippen LogP contribution in [-0.4, -0.2) is 38.8 Å². The van der Waals surface area contributed by atoms with E-state index in [1.54, 1.807) is 6.07 Å². The monoisotopic (exact) mass is 485 g/mol. The number of rotatable bonds is 6. The van der Waals surface area contributed by atoms with E-state index in [-0.39, 0.29) is 42.7 Å². The van der Waals surface area contributed by atoms with Crippen molar-refractivity contribution in [3.63, 3.8) is 0 Å². The van der Waals surface area contributed by atoms with Gasteiger partial charge in [-0.05, 0) is 51.8 Å². The van der Waals surface area contributed by atoms with E-state index in [2.05, 4.69) is 42.2 Å². The highest BCUT2D eigenvalue weighted by Crippen LogP contribution is 2.40. The van der Waals surface area contributed by atoms with Crippen molar-refractivity contribution in [3.05, 3.63) is 25.1 Å². The van der Waals surface area contributed by atoms with E-state index in [9.17, 15) is 15.2 Å². The van der Waals surface area contributed by atoms with Crippen LogP contribution in [0.3, 0.4) is 0 Å². The molecular weight excluding hydrogens is 469 g/mol. The number of nitro benzene ring substituents is 1. The number of fused-ring (bicyclic) bond motifs is 1. The van der Waals surface area contributed by atoms with Gasteiger partial charge in [0.15, 0.2) is 5.52 Å². The molecule has 0 aliphatic rings. The normalized spacial score (nSPS) is 12.3. The minimum absolute atomic E-state index is 0. The van der Waals surface area contributed by atoms with Gasteiger partial charge in [-0.15, -0.1) is 12.4 Å². The Kier molecular flexibility index (Phi) is 7.42. The van der Waals surface area contributed by atoms with Gasteiger partial charge in [-0.2, -0.15) is 0 Å². The highest BCUT2D eigenvalue weighted by molar-refractivity contribution is 9.13. The maximum atomic E-state index is 11.4. The van der Waals surface area contributed by atoms with Gasteiger partial charge in [0.25, 0.3) is 0 Å². The van der Waals surface area contributed by atoms with Crippen LogP contribution < -0.4 is 11.1 Å². The number of nitrogens with one attached hydrogen (secondary N) is 1. The zero-order chi connectivity index (χ0) is 17.3. The molecular formula is C13H18Br2ClN5O3. The second-order valence-electron chi connectivity index (χ2n) is 5.32. The Morgan fingerprint density at radius 3 is 2.62 bits per heavy atom. The Bertz CT molecular complexity index is 753. The molecule has 4 N–H and O–H groups in total. The van der Waals surface area contributed by atoms with Gasteiger partial charge >= 0.3 is 5.69 Å². The Hall–Kier alpha value is -0.940. The number of benzene rings is 1. The van der Waals surface area contributed by atoms with E-state index in [1.807, 2.05) is 18.4 Å². The van der Waals surface area contributed by atoms with Crippen LogP contribution in [-0.2, 0) is 0 Å². The number of halogens is 3. The van der Waals surface area contributed by atoms with Crippen molar-refractivity contribution >= 4 is 66.9 Å². The van der Waals surface area contributed by atoms with Crippen LogP contribution in [0.15, 0.2) is 15.0 Å². The lowest BCUT2D eigenvalue weighted by Crippen LogP contribution is -2.28. The molecule has 11 heteroatoms. The van der Waals surface area contributed by atoms with E-state index in [4.69, 9.17) is 5.73 Å². The van der Waals surface area contributed by atoms with Crippen molar-refractivity contribution in [2.45, 2.75) is 26.0 Å². The first kappa shape index (κ1) is 21.1. The summed E-state index contributed by atoms with van der Waals surface area (Å²) in [4.78, 5) is 15.3. The molecule has 1 atom stereocenters. The molecule has 24 heavy (non-hydrogen) atoms. The van der Waals surface area contributed by atoms with Crippen LogP contribution in [0.1, 0.15) is 19.9 Å². The summed E-state index contributed by atoms with van der Waals surface area (Å²) in [6.45, 7) is 4.23. The molecule has 0 saturated heterocycles. The quantitative estimate of drug-likeness (QED) is 0.425. The molecule has 1 aromatic carbocycles. The summed E-state index contributed by atoms with van der Waals surface area (Å²) in [6, 6.07) is 1.80. The smallest absolute Gasteiger partial charge is 0.312 e. The maximum Gasteiger partial charge on any atom is 0.312 e. The summed E-state index contributed by atoms with van der Waals surface area (Å²) < 4.78 is 2.77. The molecule has 1 heterocycles. The number of anilines is 1. The second-order valence-corrected chi connectivity index (χ2v) is 6.96. The number of hydrogen-bond acceptors (Lipinski definition) is 6. The predicted octanol–water partition coefficient (Wildman–Crippen LogP) is 3.20. The van der Waals surface area contributed by atoms with Gasteiger partial charge in [-0.3, -0.25) is 10.1 Å². The lowest BCUT2D eigenvalue weighted by molar-refractivity contribution is -0.384. The number of aliphatic hydroxyl groups is 1. The molecule has 8 nitrogen and oxygen atoms in total. The molecule has 0 spiro atoms. The molecule has 2 aromatic rings. The van der Waals surface area contributed by atoms with E-state index in [0.717, 1.165) is 0 Å². The maximum absolute atomic E-state index is 11.4. The van der Waals surface area contributed by atoms with Gasteiger partial charge < -0.3 is 20.7 Å². The van der Waals surface area contributed by atoms with E-state index < -0.39 is 11.0 Å². The van der Waals surface area contributed by atoms with Gasteiger partial charge in [-0.25, -0.2) is 4.98 Å². The zero-order valence-corrected chi connectivity index (χ0v) is 17.0. The third kappa shape index (κ3) is 3.99. The summed E-state index contributed by atoms with van der Waals surface area (Å²) >= 11 is 6.56. The molecule has 0 aliphatic carbocycles. The number of aromatic nitrogens is 2. The van der Waals surface area contributed by atoms with E-state index >= 15 is 0 Å². The largest absolute Gasteiger partial charge is 0.390 e. The van der Waals surface area contributed by atoms with Gasteiger partial charge in [0.05, 0.1) is 16.5 Å². The van der Waals surface area contributed by atoms with Gasteiger partial charge in [0, 0.05) is 23.6 Å². The average molecular weight is 488 g/mol. The lowest BCUT2D eigenvalue weighted by Gasteiger charge is -2.15. The van der Waals surface area contributed by atoms with Crippen molar-refractivity contribution in [3.8, 4) is 0 Å². The molecule has 1 unspecified atom stereocenters. The third-order valence-electron chi connectivity index (χ3n) is 3.32. The van der Waals surface area contributed by atoms with E-state index in [1.165, 1.54) is 0 Å². The fraction of sp³-hybridized carbons (Fsp3) is 0.462. The highest BCUT2D eigenvalue weighted by atomic mass is 79.9. The van der Waals surface area contributed by atoms with Crippen LogP contribution in [0.25, 0.3) is 11.0 Å². The Morgan fingerprint density at radius 2 is 2.12 bits per heavy atom. The van der Waals surface area contributed by atoms with Crippen molar-refractivity contribution < 1.29 is 10.0 Å². The number of nitrogens with two attached hydrogens (primary N) is 1. The summed E-state index contributed by atoms with van der Waals surface area (Å²) in [5.41, 5.74) is 6.21. The van der Waals surface area contributed by atoms with E-state index in [0.29, 0.717) is 20.4 Å². The summed E-state index contributed by atoms with van der Waals surface area (Å²) in [6.07, 6.45) is -0.719. The zero-order valence-electron chi connectivity index (χ0n) is 13.0. The van der Waals surface area contributed by atoms with Gasteiger partial charge in [0.1, 0.15) is 4.47 Å². The fourth-order valence-corrected chi connectivity index (χ4v) is 3.12. The minimum Gasteiger partial charge on any atom is -0.390 e. The summed E-state index contributed by atoms with van der Waals surface area (Å²) in [7, 11) is 0. The first-order valence-corrected chi connectivity index (χ1v) is 8.52.